The van der Waals surface area contributed by atoms with Gasteiger partial charge in [-0.1, -0.05) is 326 Å². The van der Waals surface area contributed by atoms with Gasteiger partial charge in [0.15, 0.2) is 6.10 Å². The highest BCUT2D eigenvalue weighted by molar-refractivity contribution is 5.71. The SMILES string of the molecule is CC/C=C\C/C=C\C/C=C\C/C=C\CCCCCCCCC(=O)OC(COC(=O)CCCCCCCCCCCCCCCCCCC)COC(=O)CCCCCCCCCCCCCCCCCCCCCCC. The maximum atomic E-state index is 12.9. The van der Waals surface area contributed by atoms with E-state index in [1.54, 1.807) is 0 Å². The van der Waals surface area contributed by atoms with Crippen LogP contribution in [-0.4, -0.2) is 37.2 Å². The smallest absolute Gasteiger partial charge is 0.306 e. The number of allylic oxidation sites excluding steroid dienone is 8. The molecule has 0 saturated carbocycles. The summed E-state index contributed by atoms with van der Waals surface area (Å²) >= 11 is 0. The van der Waals surface area contributed by atoms with E-state index in [-0.39, 0.29) is 31.1 Å². The minimum atomic E-state index is -0.779. The van der Waals surface area contributed by atoms with Gasteiger partial charge in [0, 0.05) is 19.3 Å². The van der Waals surface area contributed by atoms with E-state index in [0.29, 0.717) is 19.3 Å². The molecule has 0 aromatic rings. The lowest BCUT2D eigenvalue weighted by atomic mass is 10.0. The molecule has 0 aliphatic carbocycles. The minimum Gasteiger partial charge on any atom is -0.462 e. The van der Waals surface area contributed by atoms with Crippen molar-refractivity contribution in [1.29, 1.82) is 0 Å². The van der Waals surface area contributed by atoms with Crippen molar-refractivity contribution in [3.8, 4) is 0 Å². The fourth-order valence-corrected chi connectivity index (χ4v) is 9.91. The van der Waals surface area contributed by atoms with E-state index in [0.717, 1.165) is 96.3 Å². The lowest BCUT2D eigenvalue weighted by Crippen LogP contribution is -2.30. The molecule has 1 unspecified atom stereocenters. The Labute approximate surface area is 467 Å². The highest BCUT2D eigenvalue weighted by Crippen LogP contribution is 2.18. The van der Waals surface area contributed by atoms with Crippen LogP contribution in [0.5, 0.6) is 0 Å². The van der Waals surface area contributed by atoms with Crippen LogP contribution in [0.3, 0.4) is 0 Å². The monoisotopic (exact) mass is 1050 g/mol. The average molecular weight is 1050 g/mol. The van der Waals surface area contributed by atoms with Crippen LogP contribution in [0.4, 0.5) is 0 Å². The second-order valence-corrected chi connectivity index (χ2v) is 22.4. The Kier molecular flexibility index (Phi) is 61.7. The summed E-state index contributed by atoms with van der Waals surface area (Å²) in [4.78, 5) is 38.4. The Balaban J connectivity index is 4.34. The Morgan fingerprint density at radius 1 is 0.280 bits per heavy atom. The van der Waals surface area contributed by atoms with Gasteiger partial charge in [-0.2, -0.15) is 0 Å². The summed E-state index contributed by atoms with van der Waals surface area (Å²) in [6.45, 7) is 6.59. The molecule has 75 heavy (non-hydrogen) atoms. The van der Waals surface area contributed by atoms with Gasteiger partial charge in [-0.25, -0.2) is 0 Å². The number of hydrogen-bond donors (Lipinski definition) is 0. The second-order valence-electron chi connectivity index (χ2n) is 22.4. The maximum Gasteiger partial charge on any atom is 0.306 e. The van der Waals surface area contributed by atoms with E-state index in [9.17, 15) is 14.4 Å². The van der Waals surface area contributed by atoms with Crippen LogP contribution in [0.1, 0.15) is 355 Å². The third-order valence-electron chi connectivity index (χ3n) is 14.8. The van der Waals surface area contributed by atoms with Gasteiger partial charge in [-0.15, -0.1) is 0 Å². The third kappa shape index (κ3) is 62.1. The molecule has 0 saturated heterocycles. The van der Waals surface area contributed by atoms with Gasteiger partial charge >= 0.3 is 17.9 Å². The average Bonchev–Trinajstić information content (AvgIpc) is 3.41. The lowest BCUT2D eigenvalue weighted by Gasteiger charge is -2.18. The molecule has 0 spiro atoms. The molecular formula is C69H126O6. The number of unbranched alkanes of at least 4 members (excludes halogenated alkanes) is 42. The molecule has 6 heteroatoms. The van der Waals surface area contributed by atoms with E-state index in [1.165, 1.54) is 218 Å². The summed E-state index contributed by atoms with van der Waals surface area (Å²) in [5.41, 5.74) is 0. The third-order valence-corrected chi connectivity index (χ3v) is 14.8. The van der Waals surface area contributed by atoms with E-state index < -0.39 is 6.10 Å². The van der Waals surface area contributed by atoms with Crippen molar-refractivity contribution >= 4 is 17.9 Å². The molecule has 6 nitrogen and oxygen atoms in total. The first-order valence-electron chi connectivity index (χ1n) is 33.1. The molecule has 0 heterocycles. The van der Waals surface area contributed by atoms with Gasteiger partial charge < -0.3 is 14.2 Å². The number of carbonyl (C=O) groups is 3. The first-order valence-corrected chi connectivity index (χ1v) is 33.1. The zero-order valence-corrected chi connectivity index (χ0v) is 50.3. The van der Waals surface area contributed by atoms with E-state index in [2.05, 4.69) is 69.4 Å². The zero-order valence-electron chi connectivity index (χ0n) is 50.3. The molecule has 0 radical (unpaired) electrons. The Morgan fingerprint density at radius 3 is 0.813 bits per heavy atom. The first kappa shape index (κ1) is 72.4. The summed E-state index contributed by atoms with van der Waals surface area (Å²) in [6, 6.07) is 0. The number of hydrogen-bond acceptors (Lipinski definition) is 6. The van der Waals surface area contributed by atoms with Gasteiger partial charge in [-0.3, -0.25) is 14.4 Å². The Hall–Kier alpha value is -2.63. The maximum absolute atomic E-state index is 12.9. The summed E-state index contributed by atoms with van der Waals surface area (Å²) in [6.07, 6.45) is 79.8. The quantitative estimate of drug-likeness (QED) is 0.0261. The summed E-state index contributed by atoms with van der Waals surface area (Å²) in [5.74, 6) is -0.862. The van der Waals surface area contributed by atoms with Crippen molar-refractivity contribution in [1.82, 2.24) is 0 Å². The lowest BCUT2D eigenvalue weighted by molar-refractivity contribution is -0.167. The van der Waals surface area contributed by atoms with Crippen LogP contribution in [-0.2, 0) is 28.6 Å². The molecule has 0 rings (SSSR count). The zero-order chi connectivity index (χ0) is 54.3. The molecule has 0 aliphatic rings. The van der Waals surface area contributed by atoms with Crippen molar-refractivity contribution in [2.75, 3.05) is 13.2 Å². The predicted molar refractivity (Wildman–Crippen MR) is 325 cm³/mol. The molecule has 0 aromatic heterocycles. The molecule has 0 amide bonds. The number of esters is 3. The standard InChI is InChI=1S/C69H126O6/c1-4-7-10-13-16-19-22-25-28-31-33-34-36-38-41-44-47-50-53-56-59-62-68(71)74-65-66(64-73-67(70)61-58-55-52-49-46-43-40-37-30-27-24-21-18-15-12-9-6-3)75-69(72)63-60-57-54-51-48-45-42-39-35-32-29-26-23-20-17-14-11-8-5-2/h8,11,17,20,26,29,35,39,66H,4-7,9-10,12-16,18-19,21-25,27-28,30-34,36-38,40-65H2,1-3H3/b11-8-,20-17-,29-26-,39-35-. The fourth-order valence-electron chi connectivity index (χ4n) is 9.91. The Bertz CT molecular complexity index is 1300. The molecule has 0 aliphatic heterocycles. The summed E-state index contributed by atoms with van der Waals surface area (Å²) < 4.78 is 17.0. The molecule has 1 atom stereocenters. The number of rotatable bonds is 61. The number of carbonyl (C=O) groups excluding carboxylic acids is 3. The first-order chi connectivity index (χ1) is 37.0. The summed E-state index contributed by atoms with van der Waals surface area (Å²) in [7, 11) is 0. The van der Waals surface area contributed by atoms with E-state index in [4.69, 9.17) is 14.2 Å². The van der Waals surface area contributed by atoms with E-state index >= 15 is 0 Å². The van der Waals surface area contributed by atoms with Crippen molar-refractivity contribution < 1.29 is 28.6 Å². The van der Waals surface area contributed by atoms with Crippen LogP contribution < -0.4 is 0 Å². The van der Waals surface area contributed by atoms with Crippen LogP contribution >= 0.6 is 0 Å². The topological polar surface area (TPSA) is 78.9 Å². The van der Waals surface area contributed by atoms with Crippen LogP contribution in [0.25, 0.3) is 0 Å². The van der Waals surface area contributed by atoms with Crippen molar-refractivity contribution in [2.24, 2.45) is 0 Å². The molecule has 438 valence electrons. The van der Waals surface area contributed by atoms with Gasteiger partial charge in [0.05, 0.1) is 0 Å². The van der Waals surface area contributed by atoms with Gasteiger partial charge in [-0.05, 0) is 57.8 Å². The van der Waals surface area contributed by atoms with Crippen molar-refractivity contribution in [3.05, 3.63) is 48.6 Å². The normalized spacial score (nSPS) is 12.3. The number of ether oxygens (including phenoxy) is 3. The second kappa shape index (κ2) is 63.9. The van der Waals surface area contributed by atoms with Crippen molar-refractivity contribution in [3.63, 3.8) is 0 Å². The van der Waals surface area contributed by atoms with Crippen molar-refractivity contribution in [2.45, 2.75) is 361 Å². The van der Waals surface area contributed by atoms with Crippen LogP contribution in [0, 0.1) is 0 Å². The highest BCUT2D eigenvalue weighted by atomic mass is 16.6. The van der Waals surface area contributed by atoms with E-state index in [1.807, 2.05) is 0 Å². The predicted octanol–water partition coefficient (Wildman–Crippen LogP) is 22.6. The fraction of sp³-hybridized carbons (Fsp3) is 0.841. The molecular weight excluding hydrogens is 925 g/mol. The van der Waals surface area contributed by atoms with Crippen LogP contribution in [0.15, 0.2) is 48.6 Å². The summed E-state index contributed by atoms with van der Waals surface area (Å²) in [5, 5.41) is 0. The van der Waals surface area contributed by atoms with Gasteiger partial charge in [0.25, 0.3) is 0 Å². The van der Waals surface area contributed by atoms with Gasteiger partial charge in [0.2, 0.25) is 0 Å². The molecule has 0 fully saturated rings. The minimum absolute atomic E-state index is 0.0739. The largest absolute Gasteiger partial charge is 0.462 e. The molecule has 0 aromatic carbocycles. The molecule has 0 bridgehead atoms. The van der Waals surface area contributed by atoms with Crippen LogP contribution in [0.2, 0.25) is 0 Å². The van der Waals surface area contributed by atoms with Gasteiger partial charge in [0.1, 0.15) is 13.2 Å². The Morgan fingerprint density at radius 2 is 0.520 bits per heavy atom. The highest BCUT2D eigenvalue weighted by Gasteiger charge is 2.19. The molecule has 0 N–H and O–H groups in total.